The van der Waals surface area contributed by atoms with E-state index >= 15 is 0 Å². The fraction of sp³-hybridized carbons (Fsp3) is 0.600. The van der Waals surface area contributed by atoms with Crippen molar-refractivity contribution in [1.29, 1.82) is 0 Å². The molecule has 1 aromatic rings. The summed E-state index contributed by atoms with van der Waals surface area (Å²) < 4.78 is 36.0. The fourth-order valence-electron chi connectivity index (χ4n) is 3.69. The highest BCUT2D eigenvalue weighted by atomic mass is 32.2. The van der Waals surface area contributed by atoms with E-state index in [1.807, 2.05) is 12.1 Å². The minimum Gasteiger partial charge on any atom is -0.347 e. The summed E-state index contributed by atoms with van der Waals surface area (Å²) in [5.74, 6) is -0.214. The molecule has 0 saturated carbocycles. The lowest BCUT2D eigenvalue weighted by molar-refractivity contribution is -0.187. The summed E-state index contributed by atoms with van der Waals surface area (Å²) in [4.78, 5) is 2.77. The lowest BCUT2D eigenvalue weighted by Gasteiger charge is -2.40. The number of piperidine rings is 1. The number of hydrogen-bond donors (Lipinski definition) is 0. The van der Waals surface area contributed by atoms with Crippen molar-refractivity contribution in [3.05, 3.63) is 29.8 Å². The van der Waals surface area contributed by atoms with Crippen molar-refractivity contribution in [1.82, 2.24) is 4.90 Å². The van der Waals surface area contributed by atoms with Crippen LogP contribution in [0, 0.1) is 0 Å². The van der Waals surface area contributed by atoms with E-state index in [-0.39, 0.29) is 11.8 Å². The van der Waals surface area contributed by atoms with Gasteiger partial charge in [-0.2, -0.15) is 0 Å². The molecule has 1 aromatic carbocycles. The van der Waals surface area contributed by atoms with Gasteiger partial charge in [0.25, 0.3) is 0 Å². The van der Waals surface area contributed by atoms with Crippen molar-refractivity contribution >= 4 is 9.84 Å². The van der Waals surface area contributed by atoms with Gasteiger partial charge in [-0.1, -0.05) is 18.2 Å². The van der Waals surface area contributed by atoms with Crippen LogP contribution in [0.4, 0.5) is 0 Å². The average molecular weight is 309 g/mol. The largest absolute Gasteiger partial charge is 0.347 e. The zero-order valence-corrected chi connectivity index (χ0v) is 12.6. The molecule has 114 valence electrons. The van der Waals surface area contributed by atoms with Crippen LogP contribution in [-0.4, -0.2) is 51.2 Å². The first-order valence-electron chi connectivity index (χ1n) is 7.43. The van der Waals surface area contributed by atoms with Gasteiger partial charge in [-0.25, -0.2) is 8.42 Å². The van der Waals surface area contributed by atoms with Crippen molar-refractivity contribution in [3.63, 3.8) is 0 Å². The molecule has 2 saturated heterocycles. The standard InChI is InChI=1S/C15H19NO4S/c17-21(18)11-13(12-3-1-2-4-14(12)21)16-7-5-15(6-8-16)19-9-10-20-15/h1-4,13H,5-11H2. The maximum atomic E-state index is 12.3. The van der Waals surface area contributed by atoms with E-state index in [9.17, 15) is 8.42 Å². The fourth-order valence-corrected chi connectivity index (χ4v) is 5.53. The molecule has 0 radical (unpaired) electrons. The number of likely N-dealkylation sites (tertiary alicyclic amines) is 1. The second-order valence-electron chi connectivity index (χ2n) is 5.98. The van der Waals surface area contributed by atoms with Crippen molar-refractivity contribution < 1.29 is 17.9 Å². The molecular weight excluding hydrogens is 290 g/mol. The van der Waals surface area contributed by atoms with E-state index in [1.54, 1.807) is 12.1 Å². The third-order valence-corrected chi connectivity index (χ3v) is 6.60. The zero-order valence-electron chi connectivity index (χ0n) is 11.8. The molecule has 2 fully saturated rings. The second kappa shape index (κ2) is 4.78. The average Bonchev–Trinajstić information content (AvgIpc) is 3.04. The van der Waals surface area contributed by atoms with Crippen LogP contribution in [0.2, 0.25) is 0 Å². The molecule has 3 aliphatic rings. The summed E-state index contributed by atoms with van der Waals surface area (Å²) in [6.45, 7) is 2.96. The maximum absolute atomic E-state index is 12.3. The Balaban J connectivity index is 1.56. The number of benzene rings is 1. The normalized spacial score (nSPS) is 30.6. The van der Waals surface area contributed by atoms with Crippen LogP contribution >= 0.6 is 0 Å². The van der Waals surface area contributed by atoms with Gasteiger partial charge in [-0.3, -0.25) is 4.90 Å². The predicted molar refractivity (Wildman–Crippen MR) is 76.7 cm³/mol. The number of ether oxygens (including phenoxy) is 2. The number of sulfone groups is 1. The summed E-state index contributed by atoms with van der Waals surface area (Å²) >= 11 is 0. The van der Waals surface area contributed by atoms with Crippen LogP contribution in [0.15, 0.2) is 29.2 Å². The SMILES string of the molecule is O=S1(=O)CC(N2CCC3(CC2)OCCO3)c2ccccc21. The van der Waals surface area contributed by atoms with Gasteiger partial charge in [0.2, 0.25) is 0 Å². The van der Waals surface area contributed by atoms with Crippen molar-refractivity contribution in [2.45, 2.75) is 29.6 Å². The van der Waals surface area contributed by atoms with Crippen LogP contribution in [0.3, 0.4) is 0 Å². The Labute approximate surface area is 124 Å². The quantitative estimate of drug-likeness (QED) is 0.784. The Bertz CT molecular complexity index is 641. The first kappa shape index (κ1) is 13.7. The molecule has 3 heterocycles. The predicted octanol–water partition coefficient (Wildman–Crippen LogP) is 1.35. The lowest BCUT2D eigenvalue weighted by Crippen LogP contribution is -2.46. The molecule has 0 bridgehead atoms. The molecule has 1 atom stereocenters. The highest BCUT2D eigenvalue weighted by Crippen LogP contribution is 2.40. The first-order valence-corrected chi connectivity index (χ1v) is 9.09. The molecule has 1 spiro atoms. The van der Waals surface area contributed by atoms with Gasteiger partial charge in [0, 0.05) is 25.9 Å². The van der Waals surface area contributed by atoms with E-state index in [2.05, 4.69) is 4.90 Å². The Morgan fingerprint density at radius 2 is 1.76 bits per heavy atom. The highest BCUT2D eigenvalue weighted by Gasteiger charge is 2.44. The Morgan fingerprint density at radius 3 is 2.48 bits per heavy atom. The van der Waals surface area contributed by atoms with E-state index in [4.69, 9.17) is 9.47 Å². The number of fused-ring (bicyclic) bond motifs is 1. The molecular formula is C15H19NO4S. The molecule has 21 heavy (non-hydrogen) atoms. The number of rotatable bonds is 1. The second-order valence-corrected chi connectivity index (χ2v) is 7.98. The number of nitrogens with zero attached hydrogens (tertiary/aromatic N) is 1. The van der Waals surface area contributed by atoms with Crippen LogP contribution in [-0.2, 0) is 19.3 Å². The van der Waals surface area contributed by atoms with Crippen molar-refractivity contribution in [2.24, 2.45) is 0 Å². The Morgan fingerprint density at radius 1 is 1.10 bits per heavy atom. The lowest BCUT2D eigenvalue weighted by atomic mass is 9.99. The summed E-state index contributed by atoms with van der Waals surface area (Å²) in [5, 5.41) is 0. The molecule has 3 aliphatic heterocycles. The van der Waals surface area contributed by atoms with Gasteiger partial charge in [0.15, 0.2) is 15.6 Å². The first-order chi connectivity index (χ1) is 10.1. The van der Waals surface area contributed by atoms with Gasteiger partial charge in [0.1, 0.15) is 0 Å². The Kier molecular flexibility index (Phi) is 3.11. The van der Waals surface area contributed by atoms with Crippen LogP contribution < -0.4 is 0 Å². The van der Waals surface area contributed by atoms with Crippen LogP contribution in [0.5, 0.6) is 0 Å². The van der Waals surface area contributed by atoms with E-state index < -0.39 is 15.6 Å². The topological polar surface area (TPSA) is 55.8 Å². The molecule has 0 aromatic heterocycles. The number of hydrogen-bond acceptors (Lipinski definition) is 5. The van der Waals surface area contributed by atoms with Gasteiger partial charge in [-0.15, -0.1) is 0 Å². The van der Waals surface area contributed by atoms with E-state index in [0.717, 1.165) is 31.5 Å². The minimum absolute atomic E-state index is 0.0232. The van der Waals surface area contributed by atoms with E-state index in [0.29, 0.717) is 18.1 Å². The van der Waals surface area contributed by atoms with Gasteiger partial charge in [0.05, 0.1) is 29.9 Å². The van der Waals surface area contributed by atoms with Crippen molar-refractivity contribution in [2.75, 3.05) is 32.1 Å². The summed E-state index contributed by atoms with van der Waals surface area (Å²) in [6.07, 6.45) is 1.62. The van der Waals surface area contributed by atoms with E-state index in [1.165, 1.54) is 0 Å². The summed E-state index contributed by atoms with van der Waals surface area (Å²) in [6, 6.07) is 7.35. The minimum atomic E-state index is -3.14. The monoisotopic (exact) mass is 309 g/mol. The highest BCUT2D eigenvalue weighted by molar-refractivity contribution is 7.91. The van der Waals surface area contributed by atoms with Crippen molar-refractivity contribution in [3.8, 4) is 0 Å². The Hall–Kier alpha value is -0.950. The molecule has 0 amide bonds. The molecule has 1 unspecified atom stereocenters. The summed E-state index contributed by atoms with van der Waals surface area (Å²) in [5.41, 5.74) is 0.946. The molecule has 5 nitrogen and oxygen atoms in total. The van der Waals surface area contributed by atoms with Crippen LogP contribution in [0.1, 0.15) is 24.4 Å². The smallest absolute Gasteiger partial charge is 0.180 e. The third-order valence-electron chi connectivity index (χ3n) is 4.80. The molecule has 4 rings (SSSR count). The third kappa shape index (κ3) is 2.21. The molecule has 0 N–H and O–H groups in total. The zero-order chi connectivity index (χ0) is 14.5. The maximum Gasteiger partial charge on any atom is 0.180 e. The molecule has 0 aliphatic carbocycles. The summed E-state index contributed by atoms with van der Waals surface area (Å²) in [7, 11) is -3.14. The van der Waals surface area contributed by atoms with Gasteiger partial charge < -0.3 is 9.47 Å². The van der Waals surface area contributed by atoms with Gasteiger partial charge >= 0.3 is 0 Å². The van der Waals surface area contributed by atoms with Gasteiger partial charge in [-0.05, 0) is 11.6 Å². The molecule has 6 heteroatoms. The van der Waals surface area contributed by atoms with Crippen LogP contribution in [0.25, 0.3) is 0 Å².